The average Bonchev–Trinajstić information content (AvgIpc) is 3.01. The van der Waals surface area contributed by atoms with Gasteiger partial charge in [0.05, 0.1) is 12.7 Å². The Morgan fingerprint density at radius 1 is 0.750 bits per heavy atom. The van der Waals surface area contributed by atoms with Crippen molar-refractivity contribution >= 4 is 35.6 Å². The first-order chi connectivity index (χ1) is 22.5. The molecule has 0 saturated carbocycles. The number of esters is 2. The van der Waals surface area contributed by atoms with Crippen LogP contribution in [0.25, 0.3) is 0 Å². The van der Waals surface area contributed by atoms with Crippen LogP contribution >= 0.6 is 0 Å². The summed E-state index contributed by atoms with van der Waals surface area (Å²) in [6.45, 7) is 10.8. The number of nitrogens with zero attached hydrogens (tertiary/aromatic N) is 1. The Labute approximate surface area is 282 Å². The SMILES string of the molecule is CC(C)C[C@@H]1OC(=O)[C@H](C(C)C)OC(=O)[C@H](CO)NC(=O)[C@H]([C@H](C)O)NC(=O)[C@H](CC(C)C)N(C)C(=O)[C@H](Cc2ccccc2)NC1=O. The quantitative estimate of drug-likeness (QED) is 0.229. The summed E-state index contributed by atoms with van der Waals surface area (Å²) in [7, 11) is 1.41. The number of rotatable bonds is 9. The number of aliphatic hydroxyl groups is 2. The Kier molecular flexibility index (Phi) is 15.5. The summed E-state index contributed by atoms with van der Waals surface area (Å²) in [5.41, 5.74) is 0.713. The molecular formula is C34H52N4O10. The lowest BCUT2D eigenvalue weighted by Crippen LogP contribution is -2.61. The lowest BCUT2D eigenvalue weighted by atomic mass is 9.98. The van der Waals surface area contributed by atoms with Crippen LogP contribution in [0.1, 0.15) is 66.9 Å². The second-order valence-corrected chi connectivity index (χ2v) is 13.5. The molecule has 1 heterocycles. The van der Waals surface area contributed by atoms with E-state index in [2.05, 4.69) is 16.0 Å². The number of nitrogens with one attached hydrogen (secondary N) is 3. The molecule has 0 unspecified atom stereocenters. The van der Waals surface area contributed by atoms with E-state index < -0.39 is 90.6 Å². The third-order valence-electron chi connectivity index (χ3n) is 7.87. The van der Waals surface area contributed by atoms with Crippen LogP contribution in [-0.2, 0) is 44.7 Å². The fraction of sp³-hybridized carbons (Fsp3) is 0.647. The Morgan fingerprint density at radius 3 is 1.85 bits per heavy atom. The summed E-state index contributed by atoms with van der Waals surface area (Å²) in [6.07, 6.45) is -4.08. The number of hydrogen-bond acceptors (Lipinski definition) is 10. The van der Waals surface area contributed by atoms with Gasteiger partial charge in [0.2, 0.25) is 23.8 Å². The maximum atomic E-state index is 14.2. The number of cyclic esters (lactones) is 2. The van der Waals surface area contributed by atoms with Gasteiger partial charge in [0, 0.05) is 19.4 Å². The predicted octanol–water partition coefficient (Wildman–Crippen LogP) is 0.469. The second kappa shape index (κ2) is 18.5. The number of amides is 4. The van der Waals surface area contributed by atoms with Crippen molar-refractivity contribution in [3.8, 4) is 0 Å². The normalized spacial score (nSPS) is 26.3. The van der Waals surface area contributed by atoms with E-state index in [1.165, 1.54) is 18.9 Å². The van der Waals surface area contributed by atoms with E-state index in [4.69, 9.17) is 9.47 Å². The molecule has 1 fully saturated rings. The molecule has 14 nitrogen and oxygen atoms in total. The summed E-state index contributed by atoms with van der Waals surface area (Å²) >= 11 is 0. The Bertz CT molecular complexity index is 1270. The third-order valence-corrected chi connectivity index (χ3v) is 7.87. The van der Waals surface area contributed by atoms with Crippen molar-refractivity contribution in [3.05, 3.63) is 35.9 Å². The third kappa shape index (κ3) is 11.6. The van der Waals surface area contributed by atoms with Gasteiger partial charge in [0.25, 0.3) is 5.91 Å². The van der Waals surface area contributed by atoms with Crippen LogP contribution in [0.3, 0.4) is 0 Å². The molecule has 2 rings (SSSR count). The summed E-state index contributed by atoms with van der Waals surface area (Å²) in [6, 6.07) is 3.31. The van der Waals surface area contributed by atoms with Crippen LogP contribution in [-0.4, -0.2) is 107 Å². The van der Waals surface area contributed by atoms with Crippen molar-refractivity contribution in [2.75, 3.05) is 13.7 Å². The number of carbonyl (C=O) groups excluding carboxylic acids is 6. The zero-order valence-corrected chi connectivity index (χ0v) is 29.1. The zero-order valence-electron chi connectivity index (χ0n) is 29.1. The molecule has 1 aliphatic heterocycles. The molecule has 7 atom stereocenters. The van der Waals surface area contributed by atoms with Gasteiger partial charge in [-0.15, -0.1) is 0 Å². The van der Waals surface area contributed by atoms with Crippen molar-refractivity contribution in [2.45, 2.75) is 110 Å². The number of ether oxygens (including phenoxy) is 2. The molecule has 1 aliphatic rings. The second-order valence-electron chi connectivity index (χ2n) is 13.5. The van der Waals surface area contributed by atoms with Crippen LogP contribution in [0, 0.1) is 17.8 Å². The average molecular weight is 677 g/mol. The molecule has 0 radical (unpaired) electrons. The fourth-order valence-corrected chi connectivity index (χ4v) is 5.20. The predicted molar refractivity (Wildman–Crippen MR) is 175 cm³/mol. The van der Waals surface area contributed by atoms with E-state index in [-0.39, 0.29) is 31.1 Å². The molecular weight excluding hydrogens is 624 g/mol. The lowest BCUT2D eigenvalue weighted by molar-refractivity contribution is -0.178. The van der Waals surface area contributed by atoms with E-state index in [0.29, 0.717) is 5.56 Å². The number of aliphatic hydroxyl groups excluding tert-OH is 2. The highest BCUT2D eigenvalue weighted by Gasteiger charge is 2.40. The summed E-state index contributed by atoms with van der Waals surface area (Å²) < 4.78 is 11.0. The molecule has 1 aromatic rings. The highest BCUT2D eigenvalue weighted by Crippen LogP contribution is 2.18. The van der Waals surface area contributed by atoms with Gasteiger partial charge in [-0.2, -0.15) is 0 Å². The molecule has 0 bridgehead atoms. The summed E-state index contributed by atoms with van der Waals surface area (Å²) in [4.78, 5) is 82.7. The fourth-order valence-electron chi connectivity index (χ4n) is 5.20. The molecule has 268 valence electrons. The van der Waals surface area contributed by atoms with Crippen molar-refractivity contribution in [2.24, 2.45) is 17.8 Å². The van der Waals surface area contributed by atoms with Gasteiger partial charge in [-0.25, -0.2) is 9.59 Å². The van der Waals surface area contributed by atoms with Crippen molar-refractivity contribution < 1.29 is 48.5 Å². The number of carbonyl (C=O) groups is 6. The van der Waals surface area contributed by atoms with E-state index in [1.807, 2.05) is 27.7 Å². The summed E-state index contributed by atoms with van der Waals surface area (Å²) in [5.74, 6) is -6.23. The van der Waals surface area contributed by atoms with E-state index in [9.17, 15) is 39.0 Å². The van der Waals surface area contributed by atoms with E-state index in [1.54, 1.807) is 44.2 Å². The highest BCUT2D eigenvalue weighted by atomic mass is 16.6. The number of hydrogen-bond donors (Lipinski definition) is 5. The standard InChI is InChI=1S/C34H52N4O10/c1-18(2)14-25-29(41)37-27(21(7)40)31(43)36-24(17-39)33(45)48-28(20(5)6)34(46)47-26(15-19(3)4)30(42)35-23(32(44)38(25)8)16-22-12-10-9-11-13-22/h9-13,18-21,23-28,39-40H,14-17H2,1-8H3,(H,35,42)(H,36,43)(H,37,41)/t21-,23-,24-,25-,26-,27-,28-/m0/s1. The number of likely N-dealkylation sites (N-methyl/N-ethyl adjacent to an activating group) is 1. The summed E-state index contributed by atoms with van der Waals surface area (Å²) in [5, 5.41) is 27.9. The van der Waals surface area contributed by atoms with Crippen molar-refractivity contribution in [1.82, 2.24) is 20.9 Å². The van der Waals surface area contributed by atoms with E-state index in [0.717, 1.165) is 0 Å². The molecule has 4 amide bonds. The number of benzene rings is 1. The minimum Gasteiger partial charge on any atom is -0.450 e. The van der Waals surface area contributed by atoms with Crippen LogP contribution in [0.5, 0.6) is 0 Å². The smallest absolute Gasteiger partial charge is 0.348 e. The molecule has 1 aromatic carbocycles. The first-order valence-corrected chi connectivity index (χ1v) is 16.4. The minimum atomic E-state index is -1.67. The van der Waals surface area contributed by atoms with E-state index >= 15 is 0 Å². The van der Waals surface area contributed by atoms with Gasteiger partial charge in [-0.3, -0.25) is 19.2 Å². The minimum absolute atomic E-state index is 0.0433. The molecule has 5 N–H and O–H groups in total. The van der Waals surface area contributed by atoms with Gasteiger partial charge >= 0.3 is 11.9 Å². The van der Waals surface area contributed by atoms with Gasteiger partial charge in [-0.05, 0) is 37.2 Å². The largest absolute Gasteiger partial charge is 0.450 e. The van der Waals surface area contributed by atoms with Gasteiger partial charge in [0.1, 0.15) is 18.1 Å². The Morgan fingerprint density at radius 2 is 1.33 bits per heavy atom. The van der Waals surface area contributed by atoms with Gasteiger partial charge in [0.15, 0.2) is 12.1 Å². The Hall–Kier alpha value is -4.04. The molecule has 1 saturated heterocycles. The van der Waals surface area contributed by atoms with Crippen molar-refractivity contribution in [1.29, 1.82) is 0 Å². The maximum absolute atomic E-state index is 14.2. The van der Waals surface area contributed by atoms with Crippen LogP contribution in [0.4, 0.5) is 0 Å². The van der Waals surface area contributed by atoms with Gasteiger partial charge < -0.3 is 40.5 Å². The van der Waals surface area contributed by atoms with Crippen LogP contribution in [0.15, 0.2) is 30.3 Å². The monoisotopic (exact) mass is 676 g/mol. The van der Waals surface area contributed by atoms with Gasteiger partial charge in [-0.1, -0.05) is 71.9 Å². The molecule has 14 heteroatoms. The highest BCUT2D eigenvalue weighted by molar-refractivity contribution is 5.96. The lowest BCUT2D eigenvalue weighted by Gasteiger charge is -2.34. The molecule has 0 spiro atoms. The van der Waals surface area contributed by atoms with Crippen molar-refractivity contribution in [3.63, 3.8) is 0 Å². The first-order valence-electron chi connectivity index (χ1n) is 16.4. The first kappa shape index (κ1) is 40.1. The Balaban J connectivity index is 2.69. The van der Waals surface area contributed by atoms with Crippen LogP contribution in [0.2, 0.25) is 0 Å². The van der Waals surface area contributed by atoms with Crippen LogP contribution < -0.4 is 16.0 Å². The zero-order chi connectivity index (χ0) is 36.3. The molecule has 0 aliphatic carbocycles. The molecule has 0 aromatic heterocycles. The maximum Gasteiger partial charge on any atom is 0.348 e. The topological polar surface area (TPSA) is 201 Å². The molecule has 48 heavy (non-hydrogen) atoms.